The summed E-state index contributed by atoms with van der Waals surface area (Å²) in [5.74, 6) is -0.592. The molecular formula is C10H12BrNO3. The summed E-state index contributed by atoms with van der Waals surface area (Å²) in [6, 6.07) is 3.16. The van der Waals surface area contributed by atoms with E-state index in [-0.39, 0.29) is 17.4 Å². The minimum atomic E-state index is -1.08. The van der Waals surface area contributed by atoms with Gasteiger partial charge in [-0.05, 0) is 41.9 Å². The van der Waals surface area contributed by atoms with Gasteiger partial charge in [0.2, 0.25) is 0 Å². The summed E-state index contributed by atoms with van der Waals surface area (Å²) >= 11 is 3.18. The lowest BCUT2D eigenvalue weighted by Crippen LogP contribution is -2.09. The second-order valence-corrected chi connectivity index (χ2v) is 4.11. The van der Waals surface area contributed by atoms with Gasteiger partial charge < -0.3 is 15.6 Å². The molecule has 1 aromatic rings. The molecule has 0 heterocycles. The predicted molar refractivity (Wildman–Crippen MR) is 61.3 cm³/mol. The van der Waals surface area contributed by atoms with Crippen LogP contribution in [0.2, 0.25) is 0 Å². The highest BCUT2D eigenvalue weighted by Gasteiger charge is 2.17. The van der Waals surface area contributed by atoms with Crippen molar-refractivity contribution >= 4 is 27.6 Å². The number of aromatic carboxylic acids is 1. The Morgan fingerprint density at radius 2 is 2.13 bits per heavy atom. The van der Waals surface area contributed by atoms with Gasteiger partial charge in [0.05, 0.1) is 10.6 Å². The van der Waals surface area contributed by atoms with Gasteiger partial charge in [0, 0.05) is 5.69 Å². The number of nitrogens with two attached hydrogens (primary N) is 1. The third-order valence-electron chi connectivity index (χ3n) is 1.72. The molecule has 15 heavy (non-hydrogen) atoms. The molecule has 0 amide bonds. The van der Waals surface area contributed by atoms with E-state index >= 15 is 0 Å². The van der Waals surface area contributed by atoms with Gasteiger partial charge in [-0.1, -0.05) is 0 Å². The fraction of sp³-hybridized carbons (Fsp3) is 0.300. The van der Waals surface area contributed by atoms with Crippen molar-refractivity contribution < 1.29 is 14.6 Å². The maximum Gasteiger partial charge on any atom is 0.339 e. The number of ether oxygens (including phenoxy) is 1. The number of carbonyl (C=O) groups is 1. The normalized spacial score (nSPS) is 10.4. The van der Waals surface area contributed by atoms with Crippen LogP contribution in [-0.2, 0) is 0 Å². The zero-order valence-electron chi connectivity index (χ0n) is 8.45. The van der Waals surface area contributed by atoms with E-state index in [0.29, 0.717) is 10.2 Å². The van der Waals surface area contributed by atoms with Crippen molar-refractivity contribution in [1.82, 2.24) is 0 Å². The average Bonchev–Trinajstić information content (AvgIpc) is 2.09. The largest absolute Gasteiger partial charge is 0.490 e. The molecule has 4 nitrogen and oxygen atoms in total. The van der Waals surface area contributed by atoms with E-state index in [4.69, 9.17) is 15.6 Å². The third-order valence-corrected chi connectivity index (χ3v) is 2.50. The molecule has 0 aliphatic rings. The molecule has 3 N–H and O–H groups in total. The van der Waals surface area contributed by atoms with Crippen molar-refractivity contribution in [2.45, 2.75) is 20.0 Å². The van der Waals surface area contributed by atoms with Crippen molar-refractivity contribution in [2.75, 3.05) is 5.73 Å². The zero-order valence-corrected chi connectivity index (χ0v) is 10.0. The molecule has 0 unspecified atom stereocenters. The van der Waals surface area contributed by atoms with E-state index in [1.165, 1.54) is 6.07 Å². The molecule has 0 bridgehead atoms. The molecule has 0 radical (unpaired) electrons. The van der Waals surface area contributed by atoms with Crippen molar-refractivity contribution in [3.63, 3.8) is 0 Å². The Morgan fingerprint density at radius 3 is 2.60 bits per heavy atom. The highest BCUT2D eigenvalue weighted by atomic mass is 79.9. The summed E-state index contributed by atoms with van der Waals surface area (Å²) in [4.78, 5) is 10.9. The fourth-order valence-electron chi connectivity index (χ4n) is 1.13. The van der Waals surface area contributed by atoms with Crippen LogP contribution in [0.4, 0.5) is 5.69 Å². The smallest absolute Gasteiger partial charge is 0.339 e. The lowest BCUT2D eigenvalue weighted by atomic mass is 10.1. The monoisotopic (exact) mass is 273 g/mol. The number of carboxylic acid groups (broad SMARTS) is 1. The number of nitrogen functional groups attached to an aromatic ring is 1. The van der Waals surface area contributed by atoms with Crippen molar-refractivity contribution in [3.05, 3.63) is 22.2 Å². The standard InChI is InChI=1S/C10H12BrNO3/c1-5(2)15-7-4-3-6(12)8(9(7)11)10(13)14/h3-5H,12H2,1-2H3,(H,13,14). The lowest BCUT2D eigenvalue weighted by Gasteiger charge is -2.13. The van der Waals surface area contributed by atoms with E-state index in [1.807, 2.05) is 13.8 Å². The quantitative estimate of drug-likeness (QED) is 0.831. The number of carboxylic acids is 1. The van der Waals surface area contributed by atoms with E-state index in [2.05, 4.69) is 15.9 Å². The summed E-state index contributed by atoms with van der Waals surface area (Å²) in [6.07, 6.45) is -0.0217. The molecule has 0 aliphatic carbocycles. The van der Waals surface area contributed by atoms with Crippen LogP contribution in [0.3, 0.4) is 0 Å². The highest BCUT2D eigenvalue weighted by Crippen LogP contribution is 2.33. The first kappa shape index (κ1) is 11.8. The number of hydrogen-bond acceptors (Lipinski definition) is 3. The zero-order chi connectivity index (χ0) is 11.6. The van der Waals surface area contributed by atoms with Gasteiger partial charge in [-0.15, -0.1) is 0 Å². The number of hydrogen-bond donors (Lipinski definition) is 2. The topological polar surface area (TPSA) is 72.5 Å². The number of rotatable bonds is 3. The molecule has 82 valence electrons. The Kier molecular flexibility index (Phi) is 3.57. The Balaban J connectivity index is 3.22. The van der Waals surface area contributed by atoms with E-state index in [0.717, 1.165) is 0 Å². The first-order chi connectivity index (χ1) is 6.93. The van der Waals surface area contributed by atoms with Crippen LogP contribution in [0, 0.1) is 0 Å². The molecule has 0 saturated carbocycles. The van der Waals surface area contributed by atoms with Crippen LogP contribution in [0.5, 0.6) is 5.75 Å². The predicted octanol–water partition coefficient (Wildman–Crippen LogP) is 2.52. The van der Waals surface area contributed by atoms with Gasteiger partial charge in [-0.25, -0.2) is 4.79 Å². The molecule has 0 atom stereocenters. The number of benzene rings is 1. The van der Waals surface area contributed by atoms with Crippen molar-refractivity contribution in [3.8, 4) is 5.75 Å². The molecule has 0 aliphatic heterocycles. The van der Waals surface area contributed by atoms with E-state index in [1.54, 1.807) is 6.07 Å². The maximum atomic E-state index is 10.9. The molecule has 0 saturated heterocycles. The maximum absolute atomic E-state index is 10.9. The SMILES string of the molecule is CC(C)Oc1ccc(N)c(C(=O)O)c1Br. The summed E-state index contributed by atoms with van der Waals surface area (Å²) < 4.78 is 5.80. The fourth-order valence-corrected chi connectivity index (χ4v) is 1.76. The Labute approximate surface area is 96.2 Å². The Morgan fingerprint density at radius 1 is 1.53 bits per heavy atom. The minimum Gasteiger partial charge on any atom is -0.490 e. The molecule has 1 aromatic carbocycles. The Bertz CT molecular complexity index is 390. The van der Waals surface area contributed by atoms with Crippen LogP contribution in [-0.4, -0.2) is 17.2 Å². The second-order valence-electron chi connectivity index (χ2n) is 3.31. The summed E-state index contributed by atoms with van der Waals surface area (Å²) in [5, 5.41) is 8.94. The number of halogens is 1. The summed E-state index contributed by atoms with van der Waals surface area (Å²) in [5.41, 5.74) is 5.80. The summed E-state index contributed by atoms with van der Waals surface area (Å²) in [7, 11) is 0. The second kappa shape index (κ2) is 4.53. The van der Waals surface area contributed by atoms with Gasteiger partial charge in [-0.2, -0.15) is 0 Å². The number of anilines is 1. The average molecular weight is 274 g/mol. The first-order valence-corrected chi connectivity index (χ1v) is 5.20. The minimum absolute atomic E-state index is 0.0217. The van der Waals surface area contributed by atoms with Gasteiger partial charge in [0.15, 0.2) is 0 Å². The van der Waals surface area contributed by atoms with Gasteiger partial charge in [-0.3, -0.25) is 0 Å². The highest BCUT2D eigenvalue weighted by molar-refractivity contribution is 9.10. The van der Waals surface area contributed by atoms with Crippen LogP contribution in [0.15, 0.2) is 16.6 Å². The van der Waals surface area contributed by atoms with Crippen LogP contribution < -0.4 is 10.5 Å². The summed E-state index contributed by atoms with van der Waals surface area (Å²) in [6.45, 7) is 3.73. The molecule has 5 heteroatoms. The third kappa shape index (κ3) is 2.62. The van der Waals surface area contributed by atoms with Crippen molar-refractivity contribution in [1.29, 1.82) is 0 Å². The molecule has 0 spiro atoms. The molecule has 0 aromatic heterocycles. The first-order valence-electron chi connectivity index (χ1n) is 4.41. The molecular weight excluding hydrogens is 262 g/mol. The Hall–Kier alpha value is -1.23. The van der Waals surface area contributed by atoms with Gasteiger partial charge in [0.25, 0.3) is 0 Å². The van der Waals surface area contributed by atoms with Gasteiger partial charge in [0.1, 0.15) is 11.3 Å². The van der Waals surface area contributed by atoms with Crippen LogP contribution in [0.1, 0.15) is 24.2 Å². The molecule has 1 rings (SSSR count). The lowest BCUT2D eigenvalue weighted by molar-refractivity contribution is 0.0696. The van der Waals surface area contributed by atoms with E-state index in [9.17, 15) is 4.79 Å². The van der Waals surface area contributed by atoms with Crippen LogP contribution >= 0.6 is 15.9 Å². The van der Waals surface area contributed by atoms with Crippen molar-refractivity contribution in [2.24, 2.45) is 0 Å². The van der Waals surface area contributed by atoms with Gasteiger partial charge >= 0.3 is 5.97 Å². The molecule has 0 fully saturated rings. The van der Waals surface area contributed by atoms with Crippen LogP contribution in [0.25, 0.3) is 0 Å². The van der Waals surface area contributed by atoms with E-state index < -0.39 is 5.97 Å².